The summed E-state index contributed by atoms with van der Waals surface area (Å²) in [4.78, 5) is 106. The maximum atomic E-state index is 14.7. The van der Waals surface area contributed by atoms with Gasteiger partial charge in [-0.3, -0.25) is 38.4 Å². The molecule has 16 nitrogen and oxygen atoms in total. The molecule has 0 bridgehead atoms. The molecule has 5 atom stereocenters. The highest BCUT2D eigenvalue weighted by Crippen LogP contribution is 2.31. The number of rotatable bonds is 18. The van der Waals surface area contributed by atoms with E-state index < -0.39 is 83.9 Å². The lowest BCUT2D eigenvalue weighted by Crippen LogP contribution is -2.58. The maximum absolute atomic E-state index is 14.7. The Morgan fingerprint density at radius 1 is 0.855 bits per heavy atom. The van der Waals surface area contributed by atoms with Gasteiger partial charge in [0, 0.05) is 13.0 Å². The number of ether oxygens (including phenoxy) is 1. The average Bonchev–Trinajstić information content (AvgIpc) is 3.62. The van der Waals surface area contributed by atoms with Gasteiger partial charge in [0.15, 0.2) is 0 Å². The second-order valence-electron chi connectivity index (χ2n) is 14.0. The van der Waals surface area contributed by atoms with E-state index >= 15 is 0 Å². The quantitative estimate of drug-likeness (QED) is 0.116. The summed E-state index contributed by atoms with van der Waals surface area (Å²) in [6.07, 6.45) is 3.89. The largest absolute Gasteiger partial charge is 0.372 e. The summed E-state index contributed by atoms with van der Waals surface area (Å²) < 4.78 is 6.19. The fourth-order valence-electron chi connectivity index (χ4n) is 6.94. The summed E-state index contributed by atoms with van der Waals surface area (Å²) in [6.45, 7) is 2.72. The molecule has 0 aromatic heterocycles. The molecular weight excluding hydrogens is 710 g/mol. The van der Waals surface area contributed by atoms with Crippen molar-refractivity contribution >= 4 is 47.1 Å². The summed E-state index contributed by atoms with van der Waals surface area (Å²) in [5.41, 5.74) is 11.6. The molecule has 1 heterocycles. The molecule has 2 aliphatic rings. The zero-order valence-electron chi connectivity index (χ0n) is 31.2. The Kier molecular flexibility index (Phi) is 15.4. The van der Waals surface area contributed by atoms with E-state index in [0.717, 1.165) is 24.8 Å². The molecule has 1 aliphatic heterocycles. The number of nitrogens with zero attached hydrogens (tertiary/aromatic N) is 1. The first-order valence-electron chi connectivity index (χ1n) is 18.7. The minimum atomic E-state index is -1.29. The lowest BCUT2D eigenvalue weighted by atomic mass is 9.83. The summed E-state index contributed by atoms with van der Waals surface area (Å²) in [5, 5.41) is 10.0. The topological polar surface area (TPSA) is 249 Å². The predicted octanol–water partition coefficient (Wildman–Crippen LogP) is 0.611. The average molecular weight is 762 g/mol. The van der Waals surface area contributed by atoms with Gasteiger partial charge in [-0.1, -0.05) is 75.1 Å². The molecule has 1 aliphatic carbocycles. The molecule has 2 aromatic rings. The van der Waals surface area contributed by atoms with E-state index in [9.17, 15) is 38.4 Å². The third-order valence-corrected chi connectivity index (χ3v) is 9.94. The van der Waals surface area contributed by atoms with E-state index in [2.05, 4.69) is 21.3 Å². The van der Waals surface area contributed by atoms with Crippen molar-refractivity contribution in [2.45, 2.75) is 102 Å². The van der Waals surface area contributed by atoms with Crippen molar-refractivity contribution in [1.29, 1.82) is 0 Å². The van der Waals surface area contributed by atoms with Crippen LogP contribution in [0.1, 0.15) is 91.5 Å². The first-order chi connectivity index (χ1) is 26.3. The number of hydrogen-bond donors (Lipinski definition) is 6. The van der Waals surface area contributed by atoms with Gasteiger partial charge >= 0.3 is 0 Å². The molecule has 8 N–H and O–H groups in total. The predicted molar refractivity (Wildman–Crippen MR) is 200 cm³/mol. The van der Waals surface area contributed by atoms with E-state index in [1.807, 2.05) is 30.3 Å². The van der Waals surface area contributed by atoms with E-state index in [1.165, 1.54) is 24.0 Å². The normalized spacial score (nSPS) is 18.6. The molecule has 2 unspecified atom stereocenters. The van der Waals surface area contributed by atoms with Gasteiger partial charge in [-0.2, -0.15) is 0 Å². The Morgan fingerprint density at radius 2 is 1.51 bits per heavy atom. The molecule has 16 heteroatoms. The third kappa shape index (κ3) is 11.7. The lowest BCUT2D eigenvalue weighted by Gasteiger charge is -2.35. The summed E-state index contributed by atoms with van der Waals surface area (Å²) in [6, 6.07) is 10.9. The van der Waals surface area contributed by atoms with Crippen LogP contribution in [0.2, 0.25) is 0 Å². The summed E-state index contributed by atoms with van der Waals surface area (Å²) in [7, 11) is 0. The first-order valence-corrected chi connectivity index (χ1v) is 18.7. The number of benzene rings is 2. The number of Topliss-reactive ketones (excluding diaryl/α,β-unsaturated/α-hetero) is 1. The molecule has 1 saturated carbocycles. The van der Waals surface area contributed by atoms with Gasteiger partial charge in [-0.05, 0) is 49.8 Å². The Hall–Kier alpha value is -5.64. The minimum absolute atomic E-state index is 0.000774. The fourth-order valence-corrected chi connectivity index (χ4v) is 6.94. The fraction of sp³-hybridized carbons (Fsp3) is 0.487. The number of nitrogens with one attached hydrogen (secondary N) is 4. The molecule has 55 heavy (non-hydrogen) atoms. The zero-order valence-corrected chi connectivity index (χ0v) is 31.2. The Labute approximate surface area is 319 Å². The number of carbonyl (C=O) groups excluding carboxylic acids is 8. The van der Waals surface area contributed by atoms with Gasteiger partial charge in [-0.25, -0.2) is 0 Å². The Bertz CT molecular complexity index is 1730. The molecule has 4 rings (SSSR count). The number of ketones is 1. The van der Waals surface area contributed by atoms with Gasteiger partial charge in [-0.15, -0.1) is 0 Å². The molecule has 296 valence electrons. The van der Waals surface area contributed by atoms with Gasteiger partial charge < -0.3 is 42.4 Å². The molecule has 1 saturated heterocycles. The van der Waals surface area contributed by atoms with Gasteiger partial charge in [0.2, 0.25) is 35.3 Å². The second kappa shape index (κ2) is 20.2. The van der Waals surface area contributed by atoms with Crippen LogP contribution in [0, 0.1) is 5.92 Å². The zero-order chi connectivity index (χ0) is 40.1. The number of likely N-dealkylation sites (tertiary alicyclic amines) is 1. The van der Waals surface area contributed by atoms with Crippen LogP contribution in [-0.4, -0.2) is 95.4 Å². The molecule has 2 fully saturated rings. The monoisotopic (exact) mass is 761 g/mol. The van der Waals surface area contributed by atoms with Crippen molar-refractivity contribution in [2.75, 3.05) is 13.1 Å². The number of carbonyl (C=O) groups is 8. The van der Waals surface area contributed by atoms with Gasteiger partial charge in [0.1, 0.15) is 18.1 Å². The van der Waals surface area contributed by atoms with Gasteiger partial charge in [0.25, 0.3) is 11.8 Å². The van der Waals surface area contributed by atoms with Crippen LogP contribution in [0.5, 0.6) is 0 Å². The van der Waals surface area contributed by atoms with Crippen molar-refractivity contribution in [3.63, 3.8) is 0 Å². The number of hydrogen-bond acceptors (Lipinski definition) is 9. The minimum Gasteiger partial charge on any atom is -0.372 e. The van der Waals surface area contributed by atoms with Crippen LogP contribution in [-0.2, 0) is 40.1 Å². The third-order valence-electron chi connectivity index (χ3n) is 9.94. The molecule has 2 aromatic carbocycles. The van der Waals surface area contributed by atoms with Crippen molar-refractivity contribution in [2.24, 2.45) is 17.4 Å². The summed E-state index contributed by atoms with van der Waals surface area (Å²) in [5.74, 6) is -6.59. The smallest absolute Gasteiger partial charge is 0.290 e. The molecule has 7 amide bonds. The van der Waals surface area contributed by atoms with E-state index in [4.69, 9.17) is 16.2 Å². The van der Waals surface area contributed by atoms with Gasteiger partial charge in [0.05, 0.1) is 36.4 Å². The molecular formula is C39H51N7O9. The van der Waals surface area contributed by atoms with Crippen molar-refractivity contribution in [3.8, 4) is 0 Å². The van der Waals surface area contributed by atoms with Crippen LogP contribution < -0.4 is 32.7 Å². The van der Waals surface area contributed by atoms with Crippen LogP contribution >= 0.6 is 0 Å². The van der Waals surface area contributed by atoms with Crippen LogP contribution in [0.4, 0.5) is 0 Å². The van der Waals surface area contributed by atoms with E-state index in [-0.39, 0.29) is 43.0 Å². The van der Waals surface area contributed by atoms with Crippen molar-refractivity contribution < 1.29 is 43.1 Å². The van der Waals surface area contributed by atoms with Crippen LogP contribution in [0.15, 0.2) is 54.6 Å². The Balaban J connectivity index is 1.57. The second-order valence-corrected chi connectivity index (χ2v) is 14.0. The molecule has 0 spiro atoms. The first kappa shape index (κ1) is 42.1. The van der Waals surface area contributed by atoms with E-state index in [0.29, 0.717) is 19.3 Å². The number of primary amides is 2. The lowest BCUT2D eigenvalue weighted by molar-refractivity contribution is -0.143. The Morgan fingerprint density at radius 3 is 2.15 bits per heavy atom. The van der Waals surface area contributed by atoms with E-state index in [1.54, 1.807) is 19.1 Å². The summed E-state index contributed by atoms with van der Waals surface area (Å²) >= 11 is 0. The molecule has 0 radical (unpaired) electrons. The van der Waals surface area contributed by atoms with Crippen molar-refractivity contribution in [3.05, 3.63) is 71.3 Å². The van der Waals surface area contributed by atoms with Crippen molar-refractivity contribution in [1.82, 2.24) is 26.2 Å². The highest BCUT2D eigenvalue weighted by atomic mass is 16.5. The maximum Gasteiger partial charge on any atom is 0.290 e. The standard InChI is InChI=1S/C39H51N7O9/c1-3-12-29(33(48)38(53)42-20-31(47)43-23(2)34(40)49)44-37(52)30-19-26(55-22-24-13-6-4-7-14-24)21-46(30)39(54)32(25-15-8-5-9-16-25)45-36(51)28-18-11-10-17-27(28)35(41)50/h4,6-7,10-11,13-14,17-18,23,25-26,29-30,32H,3,5,8-9,12,15-16,19-22H2,1-2H3,(H2,40,49)(H2,41,50)(H,42,53)(H,43,47)(H,44,52)(H,45,51)/t23-,26-,29?,30+,32?/m1/s1. The number of amides is 7. The highest BCUT2D eigenvalue weighted by molar-refractivity contribution is 6.38. The van der Waals surface area contributed by atoms with Crippen LogP contribution in [0.25, 0.3) is 0 Å². The SMILES string of the molecule is CCCC(NC(=O)[C@@H]1C[C@@H](OCc2ccccc2)CN1C(=O)C(NC(=O)c1ccccc1C(N)=O)C1CCCCC1)C(=O)C(=O)NCC(=O)N[C@H](C)C(N)=O. The number of nitrogens with two attached hydrogens (primary N) is 2. The van der Waals surface area contributed by atoms with Crippen LogP contribution in [0.3, 0.4) is 0 Å². The highest BCUT2D eigenvalue weighted by Gasteiger charge is 2.45.